The van der Waals surface area contributed by atoms with E-state index in [0.717, 1.165) is 65.0 Å². The van der Waals surface area contributed by atoms with Crippen LogP contribution in [0.4, 0.5) is 4.39 Å². The third-order valence-corrected chi connectivity index (χ3v) is 10.1. The molecule has 1 unspecified atom stereocenters. The molecule has 4 aromatic rings. The summed E-state index contributed by atoms with van der Waals surface area (Å²) in [6.45, 7) is 10.4. The topological polar surface area (TPSA) is 92.1 Å². The van der Waals surface area contributed by atoms with Gasteiger partial charge in [-0.3, -0.25) is 9.36 Å². The molecule has 280 valence electrons. The summed E-state index contributed by atoms with van der Waals surface area (Å²) >= 11 is 0. The zero-order valence-electron chi connectivity index (χ0n) is 31.5. The van der Waals surface area contributed by atoms with Crippen molar-refractivity contribution in [2.24, 2.45) is 5.92 Å². The number of benzene rings is 3. The Bertz CT molecular complexity index is 1790. The van der Waals surface area contributed by atoms with Crippen LogP contribution in [-0.2, 0) is 47.8 Å². The smallest absolute Gasteiger partial charge is 0.332 e. The summed E-state index contributed by atoms with van der Waals surface area (Å²) in [6, 6.07) is 21.1. The zero-order chi connectivity index (χ0) is 37.3. The first-order chi connectivity index (χ1) is 25.1. The van der Waals surface area contributed by atoms with Crippen molar-refractivity contribution in [3.05, 3.63) is 101 Å². The van der Waals surface area contributed by atoms with Crippen LogP contribution in [0, 0.1) is 11.7 Å². The van der Waals surface area contributed by atoms with Gasteiger partial charge < -0.3 is 23.8 Å². The first-order valence-corrected chi connectivity index (χ1v) is 18.6. The van der Waals surface area contributed by atoms with Gasteiger partial charge in [-0.25, -0.2) is 14.2 Å². The number of hydrogen-bond acceptors (Lipinski definition) is 8. The summed E-state index contributed by atoms with van der Waals surface area (Å²) in [4.78, 5) is 32.4. The largest absolute Gasteiger partial charge is 0.466 e. The van der Waals surface area contributed by atoms with Crippen LogP contribution in [0.3, 0.4) is 0 Å². The fourth-order valence-electron chi connectivity index (χ4n) is 7.85. The van der Waals surface area contributed by atoms with E-state index >= 15 is 0 Å². The predicted octanol–water partition coefficient (Wildman–Crippen LogP) is 7.43. The number of carbonyl (C=O) groups is 2. The lowest BCUT2D eigenvalue weighted by Crippen LogP contribution is -2.49. The fourth-order valence-corrected chi connectivity index (χ4v) is 7.85. The molecular formula is C42H54FN3O6. The maximum Gasteiger partial charge on any atom is 0.332 e. The van der Waals surface area contributed by atoms with E-state index in [9.17, 15) is 14.0 Å². The van der Waals surface area contributed by atoms with Crippen LogP contribution < -0.4 is 0 Å². The third kappa shape index (κ3) is 9.26. The summed E-state index contributed by atoms with van der Waals surface area (Å²) in [5.74, 6) is 0.176. The van der Waals surface area contributed by atoms with E-state index in [1.807, 2.05) is 55.5 Å². The first-order valence-electron chi connectivity index (χ1n) is 18.6. The minimum absolute atomic E-state index is 0.0688. The van der Waals surface area contributed by atoms with Gasteiger partial charge in [0.2, 0.25) is 0 Å². The number of methoxy groups -OCH3 is 1. The van der Waals surface area contributed by atoms with Crippen LogP contribution >= 0.6 is 0 Å². The molecule has 0 amide bonds. The number of para-hydroxylation sites is 2. The molecule has 0 saturated carbocycles. The molecule has 0 saturated heterocycles. The summed E-state index contributed by atoms with van der Waals surface area (Å²) in [5.41, 5.74) is 5.09. The molecule has 52 heavy (non-hydrogen) atoms. The Morgan fingerprint density at radius 3 is 2.50 bits per heavy atom. The molecule has 1 heterocycles. The number of aryl methyl sites for hydroxylation is 2. The van der Waals surface area contributed by atoms with E-state index in [0.29, 0.717) is 32.5 Å². The molecule has 1 aliphatic rings. The van der Waals surface area contributed by atoms with Gasteiger partial charge in [-0.2, -0.15) is 0 Å². The molecule has 10 heteroatoms. The Labute approximate surface area is 307 Å². The van der Waals surface area contributed by atoms with E-state index in [4.69, 9.17) is 23.9 Å². The number of imidazole rings is 1. The van der Waals surface area contributed by atoms with Crippen molar-refractivity contribution in [2.45, 2.75) is 84.0 Å². The van der Waals surface area contributed by atoms with Crippen LogP contribution in [0.25, 0.3) is 11.0 Å². The maximum atomic E-state index is 14.2. The highest BCUT2D eigenvalue weighted by molar-refractivity contribution is 5.76. The average Bonchev–Trinajstić information content (AvgIpc) is 3.48. The van der Waals surface area contributed by atoms with Crippen molar-refractivity contribution in [3.8, 4) is 0 Å². The fraction of sp³-hybridized carbons (Fsp3) is 0.500. The quantitative estimate of drug-likeness (QED) is 0.0983. The summed E-state index contributed by atoms with van der Waals surface area (Å²) in [7, 11) is 3.60. The van der Waals surface area contributed by atoms with Crippen LogP contribution in [0.15, 0.2) is 66.7 Å². The van der Waals surface area contributed by atoms with E-state index in [2.05, 4.69) is 36.4 Å². The monoisotopic (exact) mass is 715 g/mol. The highest BCUT2D eigenvalue weighted by Crippen LogP contribution is 2.48. The van der Waals surface area contributed by atoms with Crippen molar-refractivity contribution >= 4 is 23.0 Å². The minimum Gasteiger partial charge on any atom is -0.466 e. The number of aromatic nitrogens is 2. The van der Waals surface area contributed by atoms with E-state index in [1.54, 1.807) is 13.0 Å². The molecule has 0 aliphatic heterocycles. The second-order valence-electron chi connectivity index (χ2n) is 14.1. The minimum atomic E-state index is -0.729. The number of esters is 2. The highest BCUT2D eigenvalue weighted by atomic mass is 19.1. The Balaban J connectivity index is 1.32. The number of hydrogen-bond donors (Lipinski definition) is 0. The molecular weight excluding hydrogens is 661 g/mol. The van der Waals surface area contributed by atoms with E-state index in [1.165, 1.54) is 13.2 Å². The lowest BCUT2D eigenvalue weighted by Gasteiger charge is -2.47. The van der Waals surface area contributed by atoms with Crippen molar-refractivity contribution in [1.29, 1.82) is 0 Å². The summed E-state index contributed by atoms with van der Waals surface area (Å²) < 4.78 is 39.4. The Morgan fingerprint density at radius 1 is 1.02 bits per heavy atom. The summed E-state index contributed by atoms with van der Waals surface area (Å²) in [6.07, 6.45) is 3.33. The number of carbonyl (C=O) groups excluding carboxylic acids is 2. The number of ether oxygens (including phenoxy) is 4. The second-order valence-corrected chi connectivity index (χ2v) is 14.1. The predicted molar refractivity (Wildman–Crippen MR) is 200 cm³/mol. The standard InChI is InChI=1S/C42H54FN3O6/c1-7-50-38(47)26-30-15-17-31(18-16-30)41(51-8-2)46-36-13-10-9-12-35(36)44-37(46)14-11-24-45(5)25-23-42(52-39(48)28-49-6)22-21-32-27-33(43)19-20-34(32)40(42)29(3)4/h9-10,12-13,15-20,27,29,40-41H,7-8,11,14,21-26,28H2,1-6H3/t40-,41?,42-/m0/s1. The normalized spacial score (nSPS) is 17.8. The van der Waals surface area contributed by atoms with Gasteiger partial charge >= 0.3 is 11.9 Å². The Kier molecular flexibility index (Phi) is 13.6. The molecule has 1 aromatic heterocycles. The highest BCUT2D eigenvalue weighted by Gasteiger charge is 2.47. The molecule has 0 spiro atoms. The van der Waals surface area contributed by atoms with E-state index in [-0.39, 0.29) is 48.8 Å². The first kappa shape index (κ1) is 39.1. The molecule has 5 rings (SSSR count). The lowest BCUT2D eigenvalue weighted by atomic mass is 9.65. The van der Waals surface area contributed by atoms with Gasteiger partial charge in [-0.15, -0.1) is 0 Å². The summed E-state index contributed by atoms with van der Waals surface area (Å²) in [5, 5.41) is 0. The number of halogens is 1. The number of fused-ring (bicyclic) bond motifs is 2. The molecule has 1 aliphatic carbocycles. The molecule has 3 atom stereocenters. The van der Waals surface area contributed by atoms with Gasteiger partial charge in [0.15, 0.2) is 6.23 Å². The second kappa shape index (κ2) is 18.1. The number of rotatable bonds is 18. The van der Waals surface area contributed by atoms with Gasteiger partial charge in [-0.1, -0.05) is 56.3 Å². The van der Waals surface area contributed by atoms with Gasteiger partial charge in [0.25, 0.3) is 0 Å². The Morgan fingerprint density at radius 2 is 1.79 bits per heavy atom. The average molecular weight is 716 g/mol. The molecule has 0 bridgehead atoms. The van der Waals surface area contributed by atoms with Crippen LogP contribution in [0.5, 0.6) is 0 Å². The van der Waals surface area contributed by atoms with Crippen molar-refractivity contribution in [3.63, 3.8) is 0 Å². The number of nitrogens with zero attached hydrogens (tertiary/aromatic N) is 3. The molecule has 0 radical (unpaired) electrons. The van der Waals surface area contributed by atoms with Crippen LogP contribution in [0.2, 0.25) is 0 Å². The van der Waals surface area contributed by atoms with Crippen LogP contribution in [-0.4, -0.2) is 79.1 Å². The van der Waals surface area contributed by atoms with Gasteiger partial charge in [-0.05, 0) is 93.6 Å². The van der Waals surface area contributed by atoms with E-state index < -0.39 is 5.60 Å². The van der Waals surface area contributed by atoms with Crippen molar-refractivity contribution < 1.29 is 32.9 Å². The third-order valence-electron chi connectivity index (χ3n) is 10.1. The van der Waals surface area contributed by atoms with Crippen molar-refractivity contribution in [1.82, 2.24) is 14.5 Å². The Hall–Kier alpha value is -4.12. The maximum absolute atomic E-state index is 14.2. The molecule has 0 fully saturated rings. The molecule has 0 N–H and O–H groups in total. The lowest BCUT2D eigenvalue weighted by molar-refractivity contribution is -0.172. The molecule has 3 aromatic carbocycles. The molecule has 9 nitrogen and oxygen atoms in total. The van der Waals surface area contributed by atoms with Gasteiger partial charge in [0.05, 0.1) is 24.1 Å². The zero-order valence-corrected chi connectivity index (χ0v) is 31.5. The van der Waals surface area contributed by atoms with Gasteiger partial charge in [0.1, 0.15) is 23.8 Å². The van der Waals surface area contributed by atoms with Crippen molar-refractivity contribution in [2.75, 3.05) is 47.1 Å². The SMILES string of the molecule is CCOC(=O)Cc1ccc(C(OCC)n2c(CCCN(C)CC[C@@]3(OC(=O)COC)CCc4cc(F)ccc4[C@@H]3C(C)C)nc3ccccc32)cc1. The van der Waals surface area contributed by atoms with Gasteiger partial charge in [0, 0.05) is 44.6 Å². The van der Waals surface area contributed by atoms with Crippen LogP contribution in [0.1, 0.15) is 87.2 Å².